The van der Waals surface area contributed by atoms with E-state index in [1.165, 1.54) is 0 Å². The molecule has 4 atom stereocenters. The van der Waals surface area contributed by atoms with Crippen molar-refractivity contribution >= 4 is 10.2 Å². The van der Waals surface area contributed by atoms with Gasteiger partial charge in [0.2, 0.25) is 0 Å². The monoisotopic (exact) mass is 408 g/mol. The molecule has 8 heteroatoms. The molecule has 1 aromatic carbocycles. The Labute approximate surface area is 166 Å². The molecule has 4 aliphatic heterocycles. The Morgan fingerprint density at radius 1 is 1.11 bits per heavy atom. The molecule has 0 N–H and O–H groups in total. The Bertz CT molecular complexity index is 852. The second-order valence-corrected chi connectivity index (χ2v) is 10.5. The lowest BCUT2D eigenvalue weighted by Crippen LogP contribution is -2.57. The van der Waals surface area contributed by atoms with Crippen LogP contribution in [-0.4, -0.2) is 67.6 Å². The summed E-state index contributed by atoms with van der Waals surface area (Å²) in [7, 11) is -3.50. The molecule has 4 heterocycles. The molecule has 0 aromatic heterocycles. The van der Waals surface area contributed by atoms with E-state index in [2.05, 4.69) is 19.9 Å². The Morgan fingerprint density at radius 2 is 1.86 bits per heavy atom. The molecule has 0 spiro atoms. The summed E-state index contributed by atoms with van der Waals surface area (Å²) in [5, 5.41) is 0. The molecule has 1 aromatic rings. The van der Waals surface area contributed by atoms with Crippen LogP contribution in [0.2, 0.25) is 0 Å². The summed E-state index contributed by atoms with van der Waals surface area (Å²) in [6.07, 6.45) is 1.37. The average Bonchev–Trinajstić information content (AvgIpc) is 3.11. The summed E-state index contributed by atoms with van der Waals surface area (Å²) in [4.78, 5) is 0. The largest absolute Gasteiger partial charge is 0.487 e. The van der Waals surface area contributed by atoms with Crippen LogP contribution in [0, 0.1) is 5.92 Å². The number of benzene rings is 1. The van der Waals surface area contributed by atoms with Crippen LogP contribution in [0.4, 0.5) is 0 Å². The quantitative estimate of drug-likeness (QED) is 0.748. The first-order valence-electron chi connectivity index (χ1n) is 10.2. The highest BCUT2D eigenvalue weighted by atomic mass is 32.2. The lowest BCUT2D eigenvalue weighted by molar-refractivity contribution is -0.157. The maximum atomic E-state index is 13.3. The van der Waals surface area contributed by atoms with E-state index in [4.69, 9.17) is 14.2 Å². The molecule has 0 aliphatic carbocycles. The molecule has 0 saturated carbocycles. The molecular formula is C20H28N2O5S. The maximum Gasteiger partial charge on any atom is 0.282 e. The first-order chi connectivity index (χ1) is 13.4. The lowest BCUT2D eigenvalue weighted by atomic mass is 9.74. The predicted molar refractivity (Wildman–Crippen MR) is 103 cm³/mol. The van der Waals surface area contributed by atoms with Gasteiger partial charge >= 0.3 is 0 Å². The maximum absolute atomic E-state index is 13.3. The van der Waals surface area contributed by atoms with Gasteiger partial charge in [0.25, 0.3) is 10.2 Å². The third-order valence-electron chi connectivity index (χ3n) is 6.70. The van der Waals surface area contributed by atoms with E-state index in [0.29, 0.717) is 32.8 Å². The van der Waals surface area contributed by atoms with Gasteiger partial charge in [-0.25, -0.2) is 0 Å². The van der Waals surface area contributed by atoms with Crippen LogP contribution >= 0.6 is 0 Å². The first kappa shape index (κ1) is 18.8. The smallest absolute Gasteiger partial charge is 0.282 e. The van der Waals surface area contributed by atoms with Gasteiger partial charge in [0.15, 0.2) is 0 Å². The summed E-state index contributed by atoms with van der Waals surface area (Å²) in [5.74, 6) is 0.979. The molecule has 5 rings (SSSR count). The third-order valence-corrected chi connectivity index (χ3v) is 8.76. The van der Waals surface area contributed by atoms with Crippen molar-refractivity contribution in [2.45, 2.75) is 50.5 Å². The van der Waals surface area contributed by atoms with Gasteiger partial charge in [-0.2, -0.15) is 17.0 Å². The number of nitrogens with zero attached hydrogens (tertiary/aromatic N) is 2. The number of para-hydroxylation sites is 1. The molecule has 154 valence electrons. The Balaban J connectivity index is 1.44. The van der Waals surface area contributed by atoms with Gasteiger partial charge < -0.3 is 14.2 Å². The second kappa shape index (κ2) is 6.67. The molecule has 3 fully saturated rings. The second-order valence-electron chi connectivity index (χ2n) is 8.67. The highest BCUT2D eigenvalue weighted by molar-refractivity contribution is 7.86. The molecule has 0 unspecified atom stereocenters. The Morgan fingerprint density at radius 3 is 2.64 bits per heavy atom. The molecular weight excluding hydrogens is 380 g/mol. The van der Waals surface area contributed by atoms with Gasteiger partial charge in [-0.3, -0.25) is 0 Å². The van der Waals surface area contributed by atoms with Crippen molar-refractivity contribution in [2.24, 2.45) is 5.92 Å². The van der Waals surface area contributed by atoms with Crippen molar-refractivity contribution in [3.8, 4) is 5.75 Å². The number of ether oxygens (including phenoxy) is 3. The van der Waals surface area contributed by atoms with Crippen molar-refractivity contribution in [1.82, 2.24) is 8.61 Å². The van der Waals surface area contributed by atoms with Gasteiger partial charge in [-0.05, 0) is 32.8 Å². The van der Waals surface area contributed by atoms with E-state index in [-0.39, 0.29) is 24.2 Å². The van der Waals surface area contributed by atoms with Gasteiger partial charge in [0, 0.05) is 31.1 Å². The number of hydrogen-bond donors (Lipinski definition) is 0. The van der Waals surface area contributed by atoms with Gasteiger partial charge in [-0.15, -0.1) is 0 Å². The number of morpholine rings is 1. The van der Waals surface area contributed by atoms with Crippen LogP contribution < -0.4 is 4.74 Å². The standard InChI is InChI=1S/C20H28N2O5S/c1-20(2)15-13-16-18(26-19(15)14-5-3-4-6-17(14)27-20)7-8-22(16)28(23,24)21-9-11-25-12-10-21/h3-6,15-16,18-19H,7-13H2,1-2H3/t15-,16-,18-,19+/m1/s1. The van der Waals surface area contributed by atoms with Crippen LogP contribution in [0.1, 0.15) is 38.4 Å². The van der Waals surface area contributed by atoms with Crippen molar-refractivity contribution in [3.05, 3.63) is 29.8 Å². The summed E-state index contributed by atoms with van der Waals surface area (Å²) in [6, 6.07) is 7.92. The van der Waals surface area contributed by atoms with Crippen LogP contribution in [0.15, 0.2) is 24.3 Å². The van der Waals surface area contributed by atoms with E-state index in [0.717, 1.165) is 24.2 Å². The molecule has 0 bridgehead atoms. The number of fused-ring (bicyclic) bond motifs is 4. The van der Waals surface area contributed by atoms with Crippen LogP contribution in [0.25, 0.3) is 0 Å². The zero-order chi connectivity index (χ0) is 19.5. The zero-order valence-electron chi connectivity index (χ0n) is 16.4. The zero-order valence-corrected chi connectivity index (χ0v) is 17.2. The lowest BCUT2D eigenvalue weighted by Gasteiger charge is -2.50. The van der Waals surface area contributed by atoms with Crippen LogP contribution in [0.5, 0.6) is 5.75 Å². The van der Waals surface area contributed by atoms with Crippen molar-refractivity contribution in [1.29, 1.82) is 0 Å². The normalized spacial score (nSPS) is 35.5. The number of hydrogen-bond acceptors (Lipinski definition) is 5. The van der Waals surface area contributed by atoms with Crippen molar-refractivity contribution in [3.63, 3.8) is 0 Å². The fourth-order valence-corrected chi connectivity index (χ4v) is 7.02. The van der Waals surface area contributed by atoms with Gasteiger partial charge in [0.05, 0.1) is 31.5 Å². The molecule has 0 radical (unpaired) electrons. The van der Waals surface area contributed by atoms with E-state index in [1.54, 1.807) is 8.61 Å². The molecule has 28 heavy (non-hydrogen) atoms. The first-order valence-corrected chi connectivity index (χ1v) is 11.6. The third kappa shape index (κ3) is 2.89. The topological polar surface area (TPSA) is 68.3 Å². The minimum absolute atomic E-state index is 0.0489. The van der Waals surface area contributed by atoms with Gasteiger partial charge in [0.1, 0.15) is 11.4 Å². The van der Waals surface area contributed by atoms with E-state index in [9.17, 15) is 8.42 Å². The molecule has 7 nitrogen and oxygen atoms in total. The van der Waals surface area contributed by atoms with Crippen LogP contribution in [-0.2, 0) is 19.7 Å². The fourth-order valence-electron chi connectivity index (χ4n) is 5.21. The van der Waals surface area contributed by atoms with Gasteiger partial charge in [-0.1, -0.05) is 18.2 Å². The molecule has 3 saturated heterocycles. The summed E-state index contributed by atoms with van der Waals surface area (Å²) >= 11 is 0. The highest BCUT2D eigenvalue weighted by Crippen LogP contribution is 2.52. The summed E-state index contributed by atoms with van der Waals surface area (Å²) in [5.41, 5.74) is 0.667. The molecule has 0 amide bonds. The van der Waals surface area contributed by atoms with Crippen molar-refractivity contribution < 1.29 is 22.6 Å². The fraction of sp³-hybridized carbons (Fsp3) is 0.700. The summed E-state index contributed by atoms with van der Waals surface area (Å²) < 4.78 is 48.0. The minimum Gasteiger partial charge on any atom is -0.487 e. The van der Waals surface area contributed by atoms with E-state index in [1.807, 2.05) is 18.2 Å². The predicted octanol–water partition coefficient (Wildman–Crippen LogP) is 1.96. The minimum atomic E-state index is -3.50. The molecule has 4 aliphatic rings. The van der Waals surface area contributed by atoms with E-state index < -0.39 is 15.8 Å². The van der Waals surface area contributed by atoms with Crippen LogP contribution in [0.3, 0.4) is 0 Å². The SMILES string of the molecule is CC1(C)Oc2ccccc2[C@@H]2O[C@@H]3CCN(S(=O)(=O)N4CCOCC4)[C@@H]3C[C@H]21. The summed E-state index contributed by atoms with van der Waals surface area (Å²) in [6.45, 7) is 6.44. The van der Waals surface area contributed by atoms with E-state index >= 15 is 0 Å². The average molecular weight is 409 g/mol. The van der Waals surface area contributed by atoms with Crippen molar-refractivity contribution in [2.75, 3.05) is 32.8 Å². The Hall–Kier alpha value is -1.19. The Kier molecular flexibility index (Phi) is 4.48. The highest BCUT2D eigenvalue weighted by Gasteiger charge is 2.55. The number of rotatable bonds is 2.